The van der Waals surface area contributed by atoms with Crippen molar-refractivity contribution in [2.75, 3.05) is 19.6 Å². The van der Waals surface area contributed by atoms with Gasteiger partial charge in [0.05, 0.1) is 0 Å². The molecule has 1 spiro atoms. The zero-order valence-electron chi connectivity index (χ0n) is 9.47. The maximum absolute atomic E-state index is 4.04. The van der Waals surface area contributed by atoms with Crippen LogP contribution in [0.3, 0.4) is 0 Å². The molecule has 1 unspecified atom stereocenters. The summed E-state index contributed by atoms with van der Waals surface area (Å²) in [6.07, 6.45) is 3.92. The molecule has 2 aliphatic rings. The second-order valence-corrected chi connectivity index (χ2v) is 5.30. The van der Waals surface area contributed by atoms with Crippen LogP contribution in [0.2, 0.25) is 0 Å². The summed E-state index contributed by atoms with van der Waals surface area (Å²) in [4.78, 5) is 2.61. The summed E-state index contributed by atoms with van der Waals surface area (Å²) in [5.74, 6) is 0. The van der Waals surface area contributed by atoms with Crippen LogP contribution < -0.4 is 5.32 Å². The summed E-state index contributed by atoms with van der Waals surface area (Å²) in [6, 6.07) is 0.695. The number of rotatable bonds is 1. The number of nitrogens with zero attached hydrogens (tertiary/aromatic N) is 1. The number of hydrogen-bond acceptors (Lipinski definition) is 2. The maximum atomic E-state index is 4.04. The molecule has 2 nitrogen and oxygen atoms in total. The Bertz CT molecular complexity index is 234. The third kappa shape index (κ3) is 1.81. The maximum Gasteiger partial charge on any atom is 0.0216 e. The number of nitrogens with one attached hydrogen (secondary N) is 1. The standard InChI is InChI=1S/C12H22N2/c1-10(2)14-6-4-5-12(9-14)7-11(3)13-8-12/h10,13H,3-9H2,1-2H3. The Morgan fingerprint density at radius 1 is 1.50 bits per heavy atom. The van der Waals surface area contributed by atoms with E-state index in [4.69, 9.17) is 0 Å². The van der Waals surface area contributed by atoms with Crippen molar-refractivity contribution in [3.63, 3.8) is 0 Å². The highest BCUT2D eigenvalue weighted by molar-refractivity contribution is 5.09. The van der Waals surface area contributed by atoms with E-state index < -0.39 is 0 Å². The molecule has 2 heterocycles. The first kappa shape index (κ1) is 10.0. The highest BCUT2D eigenvalue weighted by Gasteiger charge is 2.39. The summed E-state index contributed by atoms with van der Waals surface area (Å²) in [7, 11) is 0. The van der Waals surface area contributed by atoms with E-state index in [9.17, 15) is 0 Å². The molecule has 2 heteroatoms. The van der Waals surface area contributed by atoms with Crippen LogP contribution in [0.4, 0.5) is 0 Å². The van der Waals surface area contributed by atoms with Crippen molar-refractivity contribution in [1.82, 2.24) is 10.2 Å². The molecule has 0 bridgehead atoms. The van der Waals surface area contributed by atoms with Crippen molar-refractivity contribution < 1.29 is 0 Å². The minimum absolute atomic E-state index is 0.513. The van der Waals surface area contributed by atoms with Gasteiger partial charge >= 0.3 is 0 Å². The Labute approximate surface area is 87.4 Å². The van der Waals surface area contributed by atoms with Gasteiger partial charge in [-0.25, -0.2) is 0 Å². The zero-order chi connectivity index (χ0) is 10.2. The molecule has 0 amide bonds. The fraction of sp³-hybridized carbons (Fsp3) is 0.833. The summed E-state index contributed by atoms with van der Waals surface area (Å²) >= 11 is 0. The minimum Gasteiger partial charge on any atom is -0.388 e. The summed E-state index contributed by atoms with van der Waals surface area (Å²) in [5.41, 5.74) is 1.76. The second-order valence-electron chi connectivity index (χ2n) is 5.30. The zero-order valence-corrected chi connectivity index (χ0v) is 9.47. The molecule has 0 aromatic rings. The van der Waals surface area contributed by atoms with Crippen LogP contribution in [0.1, 0.15) is 33.1 Å². The van der Waals surface area contributed by atoms with Gasteiger partial charge in [-0.2, -0.15) is 0 Å². The largest absolute Gasteiger partial charge is 0.388 e. The lowest BCUT2D eigenvalue weighted by atomic mass is 9.78. The van der Waals surface area contributed by atoms with Gasteiger partial charge in [-0.15, -0.1) is 0 Å². The van der Waals surface area contributed by atoms with E-state index in [2.05, 4.69) is 30.6 Å². The molecule has 0 saturated carbocycles. The third-order valence-corrected chi connectivity index (χ3v) is 3.72. The molecule has 2 saturated heterocycles. The normalized spacial score (nSPS) is 34.1. The van der Waals surface area contributed by atoms with E-state index in [1.807, 2.05) is 0 Å². The first-order chi connectivity index (χ1) is 6.61. The number of allylic oxidation sites excluding steroid dienone is 1. The van der Waals surface area contributed by atoms with Gasteiger partial charge in [0.25, 0.3) is 0 Å². The Morgan fingerprint density at radius 3 is 2.86 bits per heavy atom. The van der Waals surface area contributed by atoms with Gasteiger partial charge < -0.3 is 10.2 Å². The lowest BCUT2D eigenvalue weighted by Gasteiger charge is -2.41. The highest BCUT2D eigenvalue weighted by atomic mass is 15.2. The Balaban J connectivity index is 2.03. The lowest BCUT2D eigenvalue weighted by molar-refractivity contribution is 0.0805. The average Bonchev–Trinajstić information content (AvgIpc) is 2.47. The van der Waals surface area contributed by atoms with E-state index in [0.717, 1.165) is 6.54 Å². The minimum atomic E-state index is 0.513. The van der Waals surface area contributed by atoms with E-state index in [-0.39, 0.29) is 0 Å². The molecule has 0 aromatic heterocycles. The summed E-state index contributed by atoms with van der Waals surface area (Å²) in [5, 5.41) is 3.42. The van der Waals surface area contributed by atoms with Gasteiger partial charge in [0.2, 0.25) is 0 Å². The predicted molar refractivity (Wildman–Crippen MR) is 60.1 cm³/mol. The van der Waals surface area contributed by atoms with E-state index >= 15 is 0 Å². The van der Waals surface area contributed by atoms with Gasteiger partial charge in [0, 0.05) is 30.2 Å². The van der Waals surface area contributed by atoms with Crippen LogP contribution in [0.15, 0.2) is 12.3 Å². The molecule has 80 valence electrons. The molecule has 0 aromatic carbocycles. The molecule has 14 heavy (non-hydrogen) atoms. The SMILES string of the molecule is C=C1CC2(CCCN(C(C)C)C2)CN1. The Morgan fingerprint density at radius 2 is 2.29 bits per heavy atom. The Kier molecular flexibility index (Phi) is 2.56. The molecule has 2 rings (SSSR count). The van der Waals surface area contributed by atoms with Crippen LogP contribution in [0.5, 0.6) is 0 Å². The molecule has 1 atom stereocenters. The number of piperidine rings is 1. The highest BCUT2D eigenvalue weighted by Crippen LogP contribution is 2.39. The van der Waals surface area contributed by atoms with Crippen LogP contribution >= 0.6 is 0 Å². The van der Waals surface area contributed by atoms with Crippen molar-refractivity contribution in [3.05, 3.63) is 12.3 Å². The quantitative estimate of drug-likeness (QED) is 0.686. The van der Waals surface area contributed by atoms with Crippen LogP contribution in [0.25, 0.3) is 0 Å². The fourth-order valence-corrected chi connectivity index (χ4v) is 2.87. The monoisotopic (exact) mass is 194 g/mol. The van der Waals surface area contributed by atoms with Crippen molar-refractivity contribution in [2.24, 2.45) is 5.41 Å². The van der Waals surface area contributed by atoms with Crippen molar-refractivity contribution in [2.45, 2.75) is 39.2 Å². The smallest absolute Gasteiger partial charge is 0.0216 e. The first-order valence-electron chi connectivity index (χ1n) is 5.77. The Hall–Kier alpha value is -0.500. The topological polar surface area (TPSA) is 15.3 Å². The van der Waals surface area contributed by atoms with E-state index in [0.29, 0.717) is 11.5 Å². The molecule has 0 radical (unpaired) electrons. The van der Waals surface area contributed by atoms with Gasteiger partial charge in [-0.05, 0) is 39.7 Å². The van der Waals surface area contributed by atoms with Gasteiger partial charge in [0.1, 0.15) is 0 Å². The van der Waals surface area contributed by atoms with Crippen LogP contribution in [-0.4, -0.2) is 30.6 Å². The summed E-state index contributed by atoms with van der Waals surface area (Å²) in [6.45, 7) is 12.3. The fourth-order valence-electron chi connectivity index (χ4n) is 2.87. The first-order valence-corrected chi connectivity index (χ1v) is 5.77. The lowest BCUT2D eigenvalue weighted by Crippen LogP contribution is -2.47. The molecule has 2 fully saturated rings. The third-order valence-electron chi connectivity index (χ3n) is 3.72. The van der Waals surface area contributed by atoms with Crippen molar-refractivity contribution >= 4 is 0 Å². The molecular formula is C12H22N2. The molecule has 1 N–H and O–H groups in total. The van der Waals surface area contributed by atoms with Crippen LogP contribution in [-0.2, 0) is 0 Å². The van der Waals surface area contributed by atoms with Gasteiger partial charge in [-0.1, -0.05) is 6.58 Å². The number of likely N-dealkylation sites (tertiary alicyclic amines) is 1. The van der Waals surface area contributed by atoms with Gasteiger partial charge in [-0.3, -0.25) is 0 Å². The predicted octanol–water partition coefficient (Wildman–Crippen LogP) is 1.98. The summed E-state index contributed by atoms with van der Waals surface area (Å²) < 4.78 is 0. The van der Waals surface area contributed by atoms with Crippen molar-refractivity contribution in [1.29, 1.82) is 0 Å². The van der Waals surface area contributed by atoms with Gasteiger partial charge in [0.15, 0.2) is 0 Å². The number of hydrogen-bond donors (Lipinski definition) is 1. The molecular weight excluding hydrogens is 172 g/mol. The average molecular weight is 194 g/mol. The van der Waals surface area contributed by atoms with Crippen LogP contribution in [0, 0.1) is 5.41 Å². The van der Waals surface area contributed by atoms with Crippen molar-refractivity contribution in [3.8, 4) is 0 Å². The van der Waals surface area contributed by atoms with E-state index in [1.54, 1.807) is 0 Å². The molecule has 0 aliphatic carbocycles. The second kappa shape index (κ2) is 3.58. The molecule has 2 aliphatic heterocycles. The van der Waals surface area contributed by atoms with E-state index in [1.165, 1.54) is 38.0 Å².